The number of nitrogens with one attached hydrogen (secondary N) is 3. The topological polar surface area (TPSA) is 66.1 Å². The van der Waals surface area contributed by atoms with Gasteiger partial charge in [0.05, 0.1) is 22.6 Å². The highest BCUT2D eigenvalue weighted by atomic mass is 35.5. The number of pyridine rings is 1. The second kappa shape index (κ2) is 7.48. The Morgan fingerprint density at radius 1 is 0.833 bits per heavy atom. The van der Waals surface area contributed by atoms with Gasteiger partial charge in [0.15, 0.2) is 0 Å². The Hall–Kier alpha value is -3.05. The minimum atomic E-state index is -0.324. The zero-order chi connectivity index (χ0) is 16.8. The summed E-state index contributed by atoms with van der Waals surface area (Å²) >= 11 is 6.10. The summed E-state index contributed by atoms with van der Waals surface area (Å²) in [4.78, 5) is 16.2. The molecule has 1 heterocycles. The fourth-order valence-corrected chi connectivity index (χ4v) is 2.24. The quantitative estimate of drug-likeness (QED) is 0.618. The van der Waals surface area contributed by atoms with Gasteiger partial charge in [-0.1, -0.05) is 41.9 Å². The minimum Gasteiger partial charge on any atom is -0.339 e. The Bertz CT molecular complexity index is 822. The highest BCUT2D eigenvalue weighted by Crippen LogP contribution is 2.24. The maximum atomic E-state index is 11.9. The van der Waals surface area contributed by atoms with Gasteiger partial charge in [0.1, 0.15) is 5.82 Å². The van der Waals surface area contributed by atoms with Crippen LogP contribution in [0.5, 0.6) is 0 Å². The SMILES string of the molecule is O=C(Nc1ccccc1)Nc1ccc(Nc2ccccc2Cl)nc1. The lowest BCUT2D eigenvalue weighted by Crippen LogP contribution is -2.19. The number of hydrogen-bond donors (Lipinski definition) is 3. The molecule has 0 aliphatic heterocycles. The molecule has 0 saturated carbocycles. The van der Waals surface area contributed by atoms with Crippen LogP contribution in [0.1, 0.15) is 0 Å². The predicted molar refractivity (Wildman–Crippen MR) is 98.1 cm³/mol. The second-order valence-corrected chi connectivity index (χ2v) is 5.39. The van der Waals surface area contributed by atoms with Crippen LogP contribution in [0, 0.1) is 0 Å². The number of carbonyl (C=O) groups is 1. The average molecular weight is 339 g/mol. The number of para-hydroxylation sites is 2. The first-order valence-corrected chi connectivity index (χ1v) is 7.69. The van der Waals surface area contributed by atoms with Crippen molar-refractivity contribution in [2.45, 2.75) is 0 Å². The smallest absolute Gasteiger partial charge is 0.323 e. The zero-order valence-corrected chi connectivity index (χ0v) is 13.4. The van der Waals surface area contributed by atoms with Crippen LogP contribution in [-0.2, 0) is 0 Å². The number of amides is 2. The summed E-state index contributed by atoms with van der Waals surface area (Å²) in [5, 5.41) is 9.20. The molecule has 1 aromatic heterocycles. The lowest BCUT2D eigenvalue weighted by molar-refractivity contribution is 0.262. The van der Waals surface area contributed by atoms with E-state index in [1.54, 1.807) is 24.4 Å². The number of carbonyl (C=O) groups excluding carboxylic acids is 1. The van der Waals surface area contributed by atoms with Crippen molar-refractivity contribution in [3.05, 3.63) is 77.9 Å². The third kappa shape index (κ3) is 4.24. The molecule has 2 amide bonds. The summed E-state index contributed by atoms with van der Waals surface area (Å²) in [6.45, 7) is 0. The summed E-state index contributed by atoms with van der Waals surface area (Å²) in [5.74, 6) is 0.636. The van der Waals surface area contributed by atoms with E-state index in [1.165, 1.54) is 0 Å². The molecule has 0 radical (unpaired) electrons. The van der Waals surface area contributed by atoms with E-state index < -0.39 is 0 Å². The van der Waals surface area contributed by atoms with Gasteiger partial charge in [0.2, 0.25) is 0 Å². The highest BCUT2D eigenvalue weighted by Gasteiger charge is 2.04. The van der Waals surface area contributed by atoms with E-state index in [0.717, 1.165) is 11.4 Å². The van der Waals surface area contributed by atoms with Gasteiger partial charge in [0, 0.05) is 5.69 Å². The Balaban J connectivity index is 1.60. The predicted octanol–water partition coefficient (Wildman–Crippen LogP) is 5.12. The summed E-state index contributed by atoms with van der Waals surface area (Å²) < 4.78 is 0. The van der Waals surface area contributed by atoms with Crippen LogP contribution >= 0.6 is 11.6 Å². The molecule has 0 spiro atoms. The molecule has 3 N–H and O–H groups in total. The zero-order valence-electron chi connectivity index (χ0n) is 12.7. The molecule has 0 aliphatic carbocycles. The van der Waals surface area contributed by atoms with Crippen molar-refractivity contribution in [3.63, 3.8) is 0 Å². The Morgan fingerprint density at radius 2 is 1.54 bits per heavy atom. The molecule has 120 valence electrons. The van der Waals surface area contributed by atoms with Crippen LogP contribution in [0.3, 0.4) is 0 Å². The van der Waals surface area contributed by atoms with E-state index in [1.807, 2.05) is 48.5 Å². The highest BCUT2D eigenvalue weighted by molar-refractivity contribution is 6.33. The van der Waals surface area contributed by atoms with Gasteiger partial charge in [-0.25, -0.2) is 9.78 Å². The van der Waals surface area contributed by atoms with Gasteiger partial charge in [0.25, 0.3) is 0 Å². The van der Waals surface area contributed by atoms with E-state index >= 15 is 0 Å². The Kier molecular flexibility index (Phi) is 4.93. The molecular weight excluding hydrogens is 324 g/mol. The van der Waals surface area contributed by atoms with Crippen molar-refractivity contribution in [1.29, 1.82) is 0 Å². The number of nitrogens with zero attached hydrogens (tertiary/aromatic N) is 1. The third-order valence-electron chi connectivity index (χ3n) is 3.19. The first-order valence-electron chi connectivity index (χ1n) is 7.31. The van der Waals surface area contributed by atoms with E-state index in [2.05, 4.69) is 20.9 Å². The van der Waals surface area contributed by atoms with Crippen LogP contribution < -0.4 is 16.0 Å². The molecule has 0 unspecified atom stereocenters. The lowest BCUT2D eigenvalue weighted by atomic mass is 10.3. The number of halogens is 1. The molecule has 5 nitrogen and oxygen atoms in total. The van der Waals surface area contributed by atoms with Gasteiger partial charge in [-0.2, -0.15) is 0 Å². The maximum absolute atomic E-state index is 11.9. The van der Waals surface area contributed by atoms with Crippen molar-refractivity contribution in [2.75, 3.05) is 16.0 Å². The molecule has 0 bridgehead atoms. The lowest BCUT2D eigenvalue weighted by Gasteiger charge is -2.09. The van der Waals surface area contributed by atoms with Crippen molar-refractivity contribution >= 4 is 40.5 Å². The fourth-order valence-electron chi connectivity index (χ4n) is 2.06. The summed E-state index contributed by atoms with van der Waals surface area (Å²) in [6.07, 6.45) is 1.57. The van der Waals surface area contributed by atoms with Gasteiger partial charge < -0.3 is 16.0 Å². The number of hydrogen-bond acceptors (Lipinski definition) is 3. The summed E-state index contributed by atoms with van der Waals surface area (Å²) in [7, 11) is 0. The molecule has 3 aromatic rings. The first kappa shape index (κ1) is 15.8. The molecule has 6 heteroatoms. The summed E-state index contributed by atoms with van der Waals surface area (Å²) in [5.41, 5.74) is 2.09. The normalized spacial score (nSPS) is 10.0. The van der Waals surface area contributed by atoms with Crippen LogP contribution in [0.4, 0.5) is 27.7 Å². The Morgan fingerprint density at radius 3 is 2.25 bits per heavy atom. The van der Waals surface area contributed by atoms with Gasteiger partial charge >= 0.3 is 6.03 Å². The van der Waals surface area contributed by atoms with E-state index in [4.69, 9.17) is 11.6 Å². The minimum absolute atomic E-state index is 0.324. The third-order valence-corrected chi connectivity index (χ3v) is 3.52. The van der Waals surface area contributed by atoms with E-state index in [9.17, 15) is 4.79 Å². The van der Waals surface area contributed by atoms with Gasteiger partial charge in [-0.05, 0) is 36.4 Å². The molecule has 0 saturated heterocycles. The van der Waals surface area contributed by atoms with Crippen molar-refractivity contribution in [2.24, 2.45) is 0 Å². The van der Waals surface area contributed by atoms with E-state index in [0.29, 0.717) is 16.5 Å². The van der Waals surface area contributed by atoms with Crippen LogP contribution in [0.15, 0.2) is 72.9 Å². The molecule has 0 fully saturated rings. The van der Waals surface area contributed by atoms with Crippen molar-refractivity contribution in [1.82, 2.24) is 4.98 Å². The van der Waals surface area contributed by atoms with Crippen LogP contribution in [0.25, 0.3) is 0 Å². The largest absolute Gasteiger partial charge is 0.339 e. The number of benzene rings is 2. The standard InChI is InChI=1S/C18H15ClN4O/c19-15-8-4-5-9-16(15)23-17-11-10-14(12-20-17)22-18(24)21-13-6-2-1-3-7-13/h1-12H,(H,20,23)(H2,21,22,24). The number of anilines is 4. The number of urea groups is 1. The monoisotopic (exact) mass is 338 g/mol. The second-order valence-electron chi connectivity index (χ2n) is 4.98. The van der Waals surface area contributed by atoms with Crippen molar-refractivity contribution < 1.29 is 4.79 Å². The van der Waals surface area contributed by atoms with Gasteiger partial charge in [-0.3, -0.25) is 0 Å². The van der Waals surface area contributed by atoms with Crippen LogP contribution in [0.2, 0.25) is 5.02 Å². The molecular formula is C18H15ClN4O. The Labute approximate surface area is 144 Å². The number of aromatic nitrogens is 1. The fraction of sp³-hybridized carbons (Fsp3) is 0. The van der Waals surface area contributed by atoms with E-state index in [-0.39, 0.29) is 6.03 Å². The van der Waals surface area contributed by atoms with Gasteiger partial charge in [-0.15, -0.1) is 0 Å². The van der Waals surface area contributed by atoms with Crippen molar-refractivity contribution in [3.8, 4) is 0 Å². The molecule has 24 heavy (non-hydrogen) atoms. The van der Waals surface area contributed by atoms with Crippen LogP contribution in [-0.4, -0.2) is 11.0 Å². The number of rotatable bonds is 4. The molecule has 0 aliphatic rings. The molecule has 2 aromatic carbocycles. The molecule has 0 atom stereocenters. The first-order chi connectivity index (χ1) is 11.7. The molecule has 3 rings (SSSR count). The average Bonchev–Trinajstić information content (AvgIpc) is 2.59. The maximum Gasteiger partial charge on any atom is 0.323 e. The summed E-state index contributed by atoms with van der Waals surface area (Å²) in [6, 6.07) is 19.8.